The monoisotopic (exact) mass is 91.0 g/mol. The van der Waals surface area contributed by atoms with Crippen molar-refractivity contribution in [1.29, 1.82) is 0 Å². The first kappa shape index (κ1) is 5.31. The van der Waals surface area contributed by atoms with Gasteiger partial charge in [-0.25, -0.2) is 0 Å². The average molecular weight is 91.2 g/mol. The van der Waals surface area contributed by atoms with Crippen LogP contribution in [0, 0.1) is 0 Å². The minimum Gasteiger partial charge on any atom is -0.344 e. The van der Waals surface area contributed by atoms with Crippen LogP contribution in [0.1, 0.15) is 12.8 Å². The Bertz CT molecular complexity index is 26.1. The molecule has 0 bridgehead atoms. The molecular formula is C3H9NS. The van der Waals surface area contributed by atoms with Crippen LogP contribution < -0.4 is 6.15 Å². The molecule has 0 aromatic heterocycles. The van der Waals surface area contributed by atoms with Crippen molar-refractivity contribution < 1.29 is 0 Å². The minimum absolute atomic E-state index is 0. The summed E-state index contributed by atoms with van der Waals surface area (Å²) in [5.41, 5.74) is 0. The van der Waals surface area contributed by atoms with Crippen molar-refractivity contribution in [2.45, 2.75) is 18.1 Å². The van der Waals surface area contributed by atoms with Gasteiger partial charge in [-0.05, 0) is 12.8 Å². The molecule has 0 spiro atoms. The molecule has 0 aliphatic heterocycles. The molecule has 2 heteroatoms. The summed E-state index contributed by atoms with van der Waals surface area (Å²) in [6.07, 6.45) is 2.70. The van der Waals surface area contributed by atoms with Gasteiger partial charge in [-0.2, -0.15) is 12.6 Å². The van der Waals surface area contributed by atoms with Gasteiger partial charge in [0, 0.05) is 5.25 Å². The molecule has 1 rings (SSSR count). The van der Waals surface area contributed by atoms with E-state index in [0.29, 0.717) is 0 Å². The Morgan fingerprint density at radius 2 is 1.60 bits per heavy atom. The number of hydrogen-bond acceptors (Lipinski definition) is 2. The first-order valence-corrected chi connectivity index (χ1v) is 2.09. The van der Waals surface area contributed by atoms with Crippen LogP contribution in [-0.4, -0.2) is 5.25 Å². The molecule has 32 valence electrons. The van der Waals surface area contributed by atoms with Crippen LogP contribution in [0.2, 0.25) is 0 Å². The van der Waals surface area contributed by atoms with Gasteiger partial charge in [0.25, 0.3) is 0 Å². The van der Waals surface area contributed by atoms with Gasteiger partial charge < -0.3 is 6.15 Å². The van der Waals surface area contributed by atoms with Crippen LogP contribution in [0.4, 0.5) is 0 Å². The van der Waals surface area contributed by atoms with E-state index in [-0.39, 0.29) is 6.15 Å². The lowest BCUT2D eigenvalue weighted by Crippen LogP contribution is -1.45. The van der Waals surface area contributed by atoms with Crippen molar-refractivity contribution in [2.75, 3.05) is 0 Å². The molecular weight excluding hydrogens is 82.1 g/mol. The fourth-order valence-corrected chi connectivity index (χ4v) is 0.224. The van der Waals surface area contributed by atoms with E-state index in [1.807, 2.05) is 0 Å². The van der Waals surface area contributed by atoms with Crippen molar-refractivity contribution in [1.82, 2.24) is 6.15 Å². The lowest BCUT2D eigenvalue weighted by atomic mass is 11.0. The fourth-order valence-electron chi connectivity index (χ4n) is 0.0745. The van der Waals surface area contributed by atoms with Crippen molar-refractivity contribution >= 4 is 12.6 Å². The van der Waals surface area contributed by atoms with E-state index in [1.54, 1.807) is 0 Å². The highest BCUT2D eigenvalue weighted by Crippen LogP contribution is 2.24. The van der Waals surface area contributed by atoms with E-state index in [4.69, 9.17) is 0 Å². The molecule has 1 aliphatic carbocycles. The second kappa shape index (κ2) is 1.67. The molecule has 5 heavy (non-hydrogen) atoms. The first-order chi connectivity index (χ1) is 1.89. The molecule has 0 aromatic rings. The largest absolute Gasteiger partial charge is 0.344 e. The van der Waals surface area contributed by atoms with Crippen molar-refractivity contribution in [3.05, 3.63) is 0 Å². The fraction of sp³-hybridized carbons (Fsp3) is 1.00. The average Bonchev–Trinajstić information content (AvgIpc) is 1.75. The van der Waals surface area contributed by atoms with Crippen LogP contribution in [0.3, 0.4) is 0 Å². The lowest BCUT2D eigenvalue weighted by Gasteiger charge is -1.53. The predicted molar refractivity (Wildman–Crippen MR) is 27.0 cm³/mol. The van der Waals surface area contributed by atoms with E-state index in [0.717, 1.165) is 5.25 Å². The molecule has 3 N–H and O–H groups in total. The van der Waals surface area contributed by atoms with E-state index in [2.05, 4.69) is 12.6 Å². The van der Waals surface area contributed by atoms with E-state index in [9.17, 15) is 0 Å². The molecule has 1 fully saturated rings. The zero-order valence-electron chi connectivity index (χ0n) is 3.15. The van der Waals surface area contributed by atoms with Gasteiger partial charge >= 0.3 is 0 Å². The molecule has 1 nitrogen and oxygen atoms in total. The van der Waals surface area contributed by atoms with Crippen molar-refractivity contribution in [3.63, 3.8) is 0 Å². The standard InChI is InChI=1S/C3H6S.H3N/c4-3-1-2-3;/h3-4H,1-2H2;1H3. The molecule has 0 atom stereocenters. The third-order valence-corrected chi connectivity index (χ3v) is 1.06. The van der Waals surface area contributed by atoms with Gasteiger partial charge in [-0.1, -0.05) is 0 Å². The third kappa shape index (κ3) is 2.10. The summed E-state index contributed by atoms with van der Waals surface area (Å²) in [6, 6.07) is 0. The summed E-state index contributed by atoms with van der Waals surface area (Å²) >= 11 is 4.08. The second-order valence-electron chi connectivity index (χ2n) is 1.23. The van der Waals surface area contributed by atoms with Crippen LogP contribution >= 0.6 is 12.6 Å². The summed E-state index contributed by atoms with van der Waals surface area (Å²) in [5, 5.41) is 0.778. The molecule has 0 heterocycles. The van der Waals surface area contributed by atoms with Crippen molar-refractivity contribution in [2.24, 2.45) is 0 Å². The molecule has 0 radical (unpaired) electrons. The summed E-state index contributed by atoms with van der Waals surface area (Å²) < 4.78 is 0. The van der Waals surface area contributed by atoms with Crippen LogP contribution in [0.15, 0.2) is 0 Å². The number of thiol groups is 1. The zero-order chi connectivity index (χ0) is 2.99. The van der Waals surface area contributed by atoms with Gasteiger partial charge in [0.1, 0.15) is 0 Å². The topological polar surface area (TPSA) is 35.0 Å². The zero-order valence-corrected chi connectivity index (χ0v) is 4.04. The summed E-state index contributed by atoms with van der Waals surface area (Å²) in [5.74, 6) is 0. The van der Waals surface area contributed by atoms with Gasteiger partial charge in [0.15, 0.2) is 0 Å². The van der Waals surface area contributed by atoms with Crippen LogP contribution in [0.5, 0.6) is 0 Å². The molecule has 0 amide bonds. The Hall–Kier alpha value is 0.310. The Balaban J connectivity index is 0.000000160. The Kier molecular flexibility index (Phi) is 1.78. The molecule has 1 saturated carbocycles. The highest BCUT2D eigenvalue weighted by molar-refractivity contribution is 7.81. The normalized spacial score (nSPS) is 21.0. The maximum absolute atomic E-state index is 4.08. The Morgan fingerprint density at radius 3 is 1.60 bits per heavy atom. The van der Waals surface area contributed by atoms with E-state index in [1.165, 1.54) is 12.8 Å². The van der Waals surface area contributed by atoms with E-state index >= 15 is 0 Å². The highest BCUT2D eigenvalue weighted by atomic mass is 32.1. The van der Waals surface area contributed by atoms with E-state index < -0.39 is 0 Å². The SMILES string of the molecule is N.SC1CC1. The molecule has 0 aromatic carbocycles. The van der Waals surface area contributed by atoms with Gasteiger partial charge in [0.05, 0.1) is 0 Å². The minimum atomic E-state index is 0. The van der Waals surface area contributed by atoms with Gasteiger partial charge in [-0.15, -0.1) is 0 Å². The third-order valence-electron chi connectivity index (χ3n) is 0.547. The summed E-state index contributed by atoms with van der Waals surface area (Å²) in [7, 11) is 0. The van der Waals surface area contributed by atoms with Crippen LogP contribution in [0.25, 0.3) is 0 Å². The van der Waals surface area contributed by atoms with Gasteiger partial charge in [0.2, 0.25) is 0 Å². The molecule has 0 unspecified atom stereocenters. The Labute approximate surface area is 37.8 Å². The highest BCUT2D eigenvalue weighted by Gasteiger charge is 2.14. The maximum atomic E-state index is 4.08. The molecule has 1 aliphatic rings. The predicted octanol–water partition coefficient (Wildman–Crippen LogP) is 1.24. The summed E-state index contributed by atoms with van der Waals surface area (Å²) in [4.78, 5) is 0. The Morgan fingerprint density at radius 1 is 1.40 bits per heavy atom. The summed E-state index contributed by atoms with van der Waals surface area (Å²) in [6.45, 7) is 0. The maximum Gasteiger partial charge on any atom is 0.00176 e. The lowest BCUT2D eigenvalue weighted by molar-refractivity contribution is 1.50. The van der Waals surface area contributed by atoms with Crippen LogP contribution in [-0.2, 0) is 0 Å². The quantitative estimate of drug-likeness (QED) is 0.432. The number of rotatable bonds is 0. The molecule has 0 saturated heterocycles. The smallest absolute Gasteiger partial charge is 0.00176 e. The number of hydrogen-bond donors (Lipinski definition) is 2. The van der Waals surface area contributed by atoms with Gasteiger partial charge in [-0.3, -0.25) is 0 Å². The van der Waals surface area contributed by atoms with Crippen molar-refractivity contribution in [3.8, 4) is 0 Å². The second-order valence-corrected chi connectivity index (χ2v) is 1.96. The first-order valence-electron chi connectivity index (χ1n) is 1.57.